The third kappa shape index (κ3) is 5.41. The van der Waals surface area contributed by atoms with Crippen molar-refractivity contribution in [2.45, 2.75) is 82.8 Å². The molecule has 4 aliphatic rings. The number of likely N-dealkylation sites (N-methyl/N-ethyl adjacent to an activating group) is 1. The van der Waals surface area contributed by atoms with E-state index in [9.17, 15) is 33.1 Å². The number of amides is 1. The summed E-state index contributed by atoms with van der Waals surface area (Å²) >= 11 is 0. The van der Waals surface area contributed by atoms with E-state index in [1.54, 1.807) is 0 Å². The number of hydrogen-bond acceptors (Lipinski definition) is 9. The highest BCUT2D eigenvalue weighted by Crippen LogP contribution is 2.58. The van der Waals surface area contributed by atoms with Gasteiger partial charge in [0.25, 0.3) is 0 Å². The predicted octanol–water partition coefficient (Wildman–Crippen LogP) is 5.03. The minimum Gasteiger partial charge on any atom is -0.507 e. The summed E-state index contributed by atoms with van der Waals surface area (Å²) in [6.45, 7) is 5.02. The number of carbonyl (C=O) groups excluding carboxylic acids is 2. The molecule has 50 heavy (non-hydrogen) atoms. The number of ether oxygens (including phenoxy) is 3. The van der Waals surface area contributed by atoms with Crippen LogP contribution in [-0.4, -0.2) is 71.5 Å². The fourth-order valence-corrected chi connectivity index (χ4v) is 8.38. The molecular weight excluding hydrogens is 653 g/mol. The molecule has 4 aliphatic heterocycles. The molecule has 1 fully saturated rings. The second kappa shape index (κ2) is 12.5. The van der Waals surface area contributed by atoms with Gasteiger partial charge in [-0.25, -0.2) is 4.79 Å². The highest BCUT2D eigenvalue weighted by molar-refractivity contribution is 5.80. The van der Waals surface area contributed by atoms with Crippen LogP contribution in [0.5, 0.6) is 23.0 Å². The Morgan fingerprint density at radius 2 is 1.78 bits per heavy atom. The molecule has 3 aromatic rings. The monoisotopic (exact) mass is 690 g/mol. The van der Waals surface area contributed by atoms with E-state index in [0.29, 0.717) is 35.1 Å². The Hall–Kier alpha value is -4.80. The number of aryl methyl sites for hydroxylation is 2. The number of nitrogens with one attached hydrogen (secondary N) is 1. The Morgan fingerprint density at radius 1 is 1.06 bits per heavy atom. The third-order valence-corrected chi connectivity index (χ3v) is 10.8. The van der Waals surface area contributed by atoms with Crippen LogP contribution in [0.25, 0.3) is 0 Å². The highest BCUT2D eigenvalue weighted by Gasteiger charge is 2.57. The Bertz CT molecular complexity index is 1930. The van der Waals surface area contributed by atoms with Crippen LogP contribution >= 0.6 is 0 Å². The van der Waals surface area contributed by atoms with Crippen LogP contribution in [-0.2, 0) is 28.9 Å². The number of nitrogens with zero attached hydrogens (tertiary/aromatic N) is 3. The molecule has 262 valence electrons. The van der Waals surface area contributed by atoms with Crippen LogP contribution < -0.4 is 19.5 Å². The van der Waals surface area contributed by atoms with Crippen molar-refractivity contribution in [3.05, 3.63) is 80.9 Å². The number of carbonyl (C=O) groups is 2. The van der Waals surface area contributed by atoms with Crippen LogP contribution in [0.4, 0.5) is 13.2 Å². The summed E-state index contributed by atoms with van der Waals surface area (Å²) in [5.74, 6) is -2.36. The molecule has 3 aromatic carbocycles. The van der Waals surface area contributed by atoms with Crippen LogP contribution in [0.2, 0.25) is 0 Å². The zero-order valence-corrected chi connectivity index (χ0v) is 28.1. The first-order chi connectivity index (χ1) is 23.8. The maximum absolute atomic E-state index is 13.7. The standard InChI is InChI=1S/C37H37F3N4O6/c1-18-12-22-13-24-26(15-41)44-25(31(43(24)4)29(22)32(46)19(18)2)14-23-30(27(44)16-42-28(45)11-10-21-8-6-5-7-9-21)35-34(48-17-49-35)20(3)33(23)50-36(47)37(38,39)40/h5-9,12,24-27,31,46H,10-11,13-14,16-17H2,1-4H3,(H,42,45)/t24-,25?,26-,27-,31+/m0/s1. The molecule has 5 atom stereocenters. The summed E-state index contributed by atoms with van der Waals surface area (Å²) in [6.07, 6.45) is -4.06. The zero-order chi connectivity index (χ0) is 35.6. The highest BCUT2D eigenvalue weighted by atomic mass is 19.4. The Balaban J connectivity index is 1.38. The van der Waals surface area contributed by atoms with Gasteiger partial charge in [-0.05, 0) is 69.3 Å². The van der Waals surface area contributed by atoms with Crippen molar-refractivity contribution in [2.24, 2.45) is 0 Å². The number of benzene rings is 3. The molecule has 0 spiro atoms. The lowest BCUT2D eigenvalue weighted by atomic mass is 9.71. The summed E-state index contributed by atoms with van der Waals surface area (Å²) in [6, 6.07) is 11.2. The van der Waals surface area contributed by atoms with Gasteiger partial charge < -0.3 is 24.6 Å². The van der Waals surface area contributed by atoms with Gasteiger partial charge in [0.05, 0.1) is 18.2 Å². The van der Waals surface area contributed by atoms with Gasteiger partial charge >= 0.3 is 12.1 Å². The van der Waals surface area contributed by atoms with Crippen molar-refractivity contribution in [1.29, 1.82) is 5.26 Å². The van der Waals surface area contributed by atoms with Crippen molar-refractivity contribution in [2.75, 3.05) is 20.4 Å². The van der Waals surface area contributed by atoms with E-state index < -0.39 is 36.3 Å². The van der Waals surface area contributed by atoms with Gasteiger partial charge in [0.1, 0.15) is 17.5 Å². The average Bonchev–Trinajstić information content (AvgIpc) is 3.58. The van der Waals surface area contributed by atoms with Crippen molar-refractivity contribution in [1.82, 2.24) is 15.1 Å². The predicted molar refractivity (Wildman–Crippen MR) is 174 cm³/mol. The molecule has 2 bridgehead atoms. The maximum atomic E-state index is 13.7. The fourth-order valence-electron chi connectivity index (χ4n) is 8.38. The van der Waals surface area contributed by atoms with Gasteiger partial charge in [-0.15, -0.1) is 0 Å². The number of alkyl halides is 3. The van der Waals surface area contributed by atoms with Crippen molar-refractivity contribution < 1.29 is 42.1 Å². The van der Waals surface area contributed by atoms with Gasteiger partial charge in [0, 0.05) is 47.3 Å². The maximum Gasteiger partial charge on any atom is 0.491 e. The largest absolute Gasteiger partial charge is 0.507 e. The van der Waals surface area contributed by atoms with Gasteiger partial charge in [-0.2, -0.15) is 18.4 Å². The van der Waals surface area contributed by atoms with Gasteiger partial charge in [-0.1, -0.05) is 36.4 Å². The molecule has 4 heterocycles. The molecule has 1 unspecified atom stereocenters. The molecule has 1 saturated heterocycles. The number of rotatable bonds is 6. The van der Waals surface area contributed by atoms with E-state index in [4.69, 9.17) is 14.2 Å². The van der Waals surface area contributed by atoms with E-state index in [1.165, 1.54) is 6.92 Å². The first-order valence-corrected chi connectivity index (χ1v) is 16.6. The Kier molecular flexibility index (Phi) is 8.43. The number of esters is 1. The number of hydrogen-bond donors (Lipinski definition) is 2. The summed E-state index contributed by atoms with van der Waals surface area (Å²) in [5, 5.41) is 25.4. The molecule has 0 aromatic heterocycles. The minimum atomic E-state index is -5.27. The van der Waals surface area contributed by atoms with Crippen molar-refractivity contribution in [3.8, 4) is 29.1 Å². The second-order valence-electron chi connectivity index (χ2n) is 13.5. The lowest BCUT2D eigenvalue weighted by molar-refractivity contribution is -0.189. The van der Waals surface area contributed by atoms with E-state index in [-0.39, 0.29) is 66.7 Å². The lowest BCUT2D eigenvalue weighted by Crippen LogP contribution is -2.68. The number of nitriles is 1. The van der Waals surface area contributed by atoms with Crippen molar-refractivity contribution >= 4 is 11.9 Å². The quantitative estimate of drug-likeness (QED) is 0.271. The van der Waals surface area contributed by atoms with E-state index >= 15 is 0 Å². The van der Waals surface area contributed by atoms with Crippen molar-refractivity contribution in [3.63, 3.8) is 0 Å². The number of halogens is 3. The smallest absolute Gasteiger partial charge is 0.491 e. The zero-order valence-electron chi connectivity index (χ0n) is 28.1. The summed E-state index contributed by atoms with van der Waals surface area (Å²) in [5.41, 5.74) is 5.07. The number of fused-ring (bicyclic) bond motifs is 9. The first kappa shape index (κ1) is 33.7. The van der Waals surface area contributed by atoms with Crippen LogP contribution in [0, 0.1) is 32.1 Å². The topological polar surface area (TPSA) is 124 Å². The SMILES string of the molecule is Cc1cc2c(c(O)c1C)[C@H]1C3Cc4c(OC(=O)C(F)(F)F)c(C)c5c(c4[C@H](CNC(=O)CCc4ccccc4)N3[C@@H](C#N)[C@H](C2)N1C)OCO5. The lowest BCUT2D eigenvalue weighted by Gasteiger charge is -2.60. The molecular formula is C37H37F3N4O6. The van der Waals surface area contributed by atoms with Gasteiger partial charge in [-0.3, -0.25) is 14.6 Å². The van der Waals surface area contributed by atoms with E-state index in [2.05, 4.69) is 16.3 Å². The van der Waals surface area contributed by atoms with Gasteiger partial charge in [0.15, 0.2) is 11.5 Å². The van der Waals surface area contributed by atoms with E-state index in [1.807, 2.05) is 62.2 Å². The first-order valence-electron chi connectivity index (χ1n) is 16.6. The number of phenolic OH excluding ortho intramolecular Hbond substituents is 1. The Labute approximate surface area is 287 Å². The van der Waals surface area contributed by atoms with Crippen LogP contribution in [0.15, 0.2) is 36.4 Å². The average molecular weight is 691 g/mol. The normalized spacial score (nSPS) is 23.7. The van der Waals surface area contributed by atoms with Crippen LogP contribution in [0.1, 0.15) is 63.0 Å². The summed E-state index contributed by atoms with van der Waals surface area (Å²) in [4.78, 5) is 29.8. The van der Waals surface area contributed by atoms with Crippen LogP contribution in [0.3, 0.4) is 0 Å². The molecule has 13 heteroatoms. The number of phenols is 1. The second-order valence-corrected chi connectivity index (χ2v) is 13.5. The molecule has 0 radical (unpaired) electrons. The number of piperazine rings is 1. The molecule has 10 nitrogen and oxygen atoms in total. The minimum absolute atomic E-state index is 0.0181. The molecule has 2 N–H and O–H groups in total. The Morgan fingerprint density at radius 3 is 2.48 bits per heavy atom. The molecule has 1 amide bonds. The molecule has 0 aliphatic carbocycles. The molecule has 7 rings (SSSR count). The van der Waals surface area contributed by atoms with E-state index in [0.717, 1.165) is 16.7 Å². The summed E-state index contributed by atoms with van der Waals surface area (Å²) in [7, 11) is 1.89. The molecule has 0 saturated carbocycles. The summed E-state index contributed by atoms with van der Waals surface area (Å²) < 4.78 is 57.8. The fraction of sp³-hybridized carbons (Fsp3) is 0.432. The third-order valence-electron chi connectivity index (χ3n) is 10.8. The number of aromatic hydroxyl groups is 1. The van der Waals surface area contributed by atoms with Gasteiger partial charge in [0.2, 0.25) is 12.7 Å².